The van der Waals surface area contributed by atoms with Gasteiger partial charge in [-0.1, -0.05) is 25.1 Å². The summed E-state index contributed by atoms with van der Waals surface area (Å²) in [7, 11) is 0. The van der Waals surface area contributed by atoms with Gasteiger partial charge < -0.3 is 10.3 Å². The van der Waals surface area contributed by atoms with Crippen LogP contribution >= 0.6 is 0 Å². The van der Waals surface area contributed by atoms with E-state index in [0.29, 0.717) is 40.0 Å². The van der Waals surface area contributed by atoms with Gasteiger partial charge in [-0.15, -0.1) is 0 Å². The van der Waals surface area contributed by atoms with E-state index in [1.807, 2.05) is 13.0 Å². The maximum Gasteiger partial charge on any atom is 0.265 e. The van der Waals surface area contributed by atoms with Crippen LogP contribution in [0.4, 0.5) is 10.2 Å². The molecule has 1 atom stereocenters. The molecule has 8 nitrogen and oxygen atoms in total. The van der Waals surface area contributed by atoms with E-state index < -0.39 is 5.82 Å². The van der Waals surface area contributed by atoms with Gasteiger partial charge in [-0.2, -0.15) is 0 Å². The summed E-state index contributed by atoms with van der Waals surface area (Å²) in [5.74, 6) is 0.114. The number of para-hydroxylation sites is 1. The monoisotopic (exact) mass is 415 g/mol. The van der Waals surface area contributed by atoms with Crippen LogP contribution in [-0.2, 0) is 0 Å². The molecule has 1 unspecified atom stereocenters. The van der Waals surface area contributed by atoms with Crippen molar-refractivity contribution in [3.63, 3.8) is 0 Å². The molecule has 0 aliphatic heterocycles. The number of nitrogens with zero attached hydrogens (tertiary/aromatic N) is 5. The molecule has 0 radical (unpaired) electrons. The lowest BCUT2D eigenvalue weighted by Crippen LogP contribution is -2.22. The zero-order chi connectivity index (χ0) is 21.4. The van der Waals surface area contributed by atoms with E-state index in [1.165, 1.54) is 29.4 Å². The van der Waals surface area contributed by atoms with Gasteiger partial charge in [0.1, 0.15) is 24.0 Å². The lowest BCUT2D eigenvalue weighted by molar-refractivity contribution is 0.622. The van der Waals surface area contributed by atoms with E-state index >= 15 is 0 Å². The Balaban J connectivity index is 1.64. The third-order valence-electron chi connectivity index (χ3n) is 5.23. The van der Waals surface area contributed by atoms with Crippen molar-refractivity contribution in [2.45, 2.75) is 19.4 Å². The van der Waals surface area contributed by atoms with Gasteiger partial charge in [0.25, 0.3) is 5.56 Å². The Labute approximate surface area is 175 Å². The Bertz CT molecular complexity index is 1460. The molecule has 0 aliphatic rings. The molecule has 5 aromatic rings. The summed E-state index contributed by atoms with van der Waals surface area (Å²) < 4.78 is 15.6. The molecule has 3 heterocycles. The Morgan fingerprint density at radius 3 is 2.87 bits per heavy atom. The molecule has 2 N–H and O–H groups in total. The number of aromatic amines is 1. The van der Waals surface area contributed by atoms with Gasteiger partial charge in [0, 0.05) is 0 Å². The Morgan fingerprint density at radius 1 is 1.13 bits per heavy atom. The average molecular weight is 415 g/mol. The van der Waals surface area contributed by atoms with E-state index in [0.717, 1.165) is 5.56 Å². The Morgan fingerprint density at radius 2 is 2.00 bits per heavy atom. The van der Waals surface area contributed by atoms with Gasteiger partial charge >= 0.3 is 0 Å². The van der Waals surface area contributed by atoms with Crippen LogP contribution in [-0.4, -0.2) is 29.5 Å². The standard InChI is InChI=1S/C22H18FN7O/c1-2-16(29-21-19-20(25-10-24-19)26-11-27-21)14-8-7-13(23)9-18(14)30-12-28-17-6-4-3-5-15(17)22(30)31/h3-12,16H,2H2,1H3,(H2,24,25,26,27,29). The normalized spacial score (nSPS) is 12.3. The average Bonchev–Trinajstić information content (AvgIpc) is 3.28. The van der Waals surface area contributed by atoms with Crippen LogP contribution < -0.4 is 10.9 Å². The highest BCUT2D eigenvalue weighted by Gasteiger charge is 2.19. The van der Waals surface area contributed by atoms with Crippen molar-refractivity contribution in [3.8, 4) is 5.69 Å². The Hall–Kier alpha value is -4.14. The number of nitrogens with one attached hydrogen (secondary N) is 2. The number of H-pyrrole nitrogens is 1. The number of anilines is 1. The summed E-state index contributed by atoms with van der Waals surface area (Å²) in [5, 5.41) is 3.84. The second-order valence-electron chi connectivity index (χ2n) is 7.07. The first kappa shape index (κ1) is 18.9. The minimum atomic E-state index is -0.439. The Kier molecular flexibility index (Phi) is 4.62. The highest BCUT2D eigenvalue weighted by molar-refractivity contribution is 5.82. The number of halogens is 1. The van der Waals surface area contributed by atoms with Crippen LogP contribution in [0.3, 0.4) is 0 Å². The molecule has 0 fully saturated rings. The molecule has 0 amide bonds. The van der Waals surface area contributed by atoms with Crippen LogP contribution in [0, 0.1) is 5.82 Å². The molecule has 5 rings (SSSR count). The van der Waals surface area contributed by atoms with Crippen LogP contribution in [0.1, 0.15) is 24.9 Å². The zero-order valence-corrected chi connectivity index (χ0v) is 16.6. The first-order valence-electron chi connectivity index (χ1n) is 9.82. The van der Waals surface area contributed by atoms with E-state index in [1.54, 1.807) is 30.6 Å². The number of aromatic nitrogens is 6. The van der Waals surface area contributed by atoms with Crippen molar-refractivity contribution >= 4 is 27.9 Å². The number of hydrogen-bond acceptors (Lipinski definition) is 6. The van der Waals surface area contributed by atoms with Gasteiger partial charge in [-0.25, -0.2) is 24.3 Å². The second-order valence-corrected chi connectivity index (χ2v) is 7.07. The van der Waals surface area contributed by atoms with Crippen LogP contribution in [0.15, 0.2) is 66.2 Å². The predicted octanol–water partition coefficient (Wildman–Crippen LogP) is 3.75. The fraction of sp³-hybridized carbons (Fsp3) is 0.136. The largest absolute Gasteiger partial charge is 0.361 e. The van der Waals surface area contributed by atoms with E-state index in [9.17, 15) is 9.18 Å². The maximum atomic E-state index is 14.2. The number of fused-ring (bicyclic) bond motifs is 2. The molecule has 9 heteroatoms. The fourth-order valence-electron chi connectivity index (χ4n) is 3.70. The predicted molar refractivity (Wildman–Crippen MR) is 116 cm³/mol. The summed E-state index contributed by atoms with van der Waals surface area (Å²) in [6, 6.07) is 11.2. The first-order chi connectivity index (χ1) is 15.2. The second kappa shape index (κ2) is 7.60. The van der Waals surface area contributed by atoms with Crippen molar-refractivity contribution in [2.75, 3.05) is 5.32 Å². The minimum absolute atomic E-state index is 0.260. The molecule has 0 saturated carbocycles. The summed E-state index contributed by atoms with van der Waals surface area (Å²) in [5.41, 5.74) is 2.72. The van der Waals surface area contributed by atoms with Crippen LogP contribution in [0.25, 0.3) is 27.8 Å². The smallest absolute Gasteiger partial charge is 0.265 e. The zero-order valence-electron chi connectivity index (χ0n) is 16.6. The van der Waals surface area contributed by atoms with Crippen molar-refractivity contribution in [1.82, 2.24) is 29.5 Å². The molecule has 0 aliphatic carbocycles. The van der Waals surface area contributed by atoms with Crippen LogP contribution in [0.5, 0.6) is 0 Å². The first-order valence-corrected chi connectivity index (χ1v) is 9.82. The van der Waals surface area contributed by atoms with Crippen molar-refractivity contribution in [3.05, 3.63) is 83.2 Å². The third kappa shape index (κ3) is 3.29. The molecule has 3 aromatic heterocycles. The molecule has 2 aromatic carbocycles. The lowest BCUT2D eigenvalue weighted by atomic mass is 10.0. The van der Waals surface area contributed by atoms with Crippen molar-refractivity contribution in [2.24, 2.45) is 0 Å². The van der Waals surface area contributed by atoms with Crippen molar-refractivity contribution in [1.29, 1.82) is 0 Å². The fourth-order valence-corrected chi connectivity index (χ4v) is 3.70. The van der Waals surface area contributed by atoms with Gasteiger partial charge in [0.15, 0.2) is 11.5 Å². The maximum absolute atomic E-state index is 14.2. The summed E-state index contributed by atoms with van der Waals surface area (Å²) >= 11 is 0. The van der Waals surface area contributed by atoms with E-state index in [4.69, 9.17) is 0 Å². The summed E-state index contributed by atoms with van der Waals surface area (Å²) in [4.78, 5) is 33.2. The van der Waals surface area contributed by atoms with Crippen molar-refractivity contribution < 1.29 is 4.39 Å². The van der Waals surface area contributed by atoms with Gasteiger partial charge in [0.2, 0.25) is 0 Å². The third-order valence-corrected chi connectivity index (χ3v) is 5.23. The quantitative estimate of drug-likeness (QED) is 0.453. The minimum Gasteiger partial charge on any atom is -0.361 e. The van der Waals surface area contributed by atoms with E-state index in [2.05, 4.69) is 30.2 Å². The molecule has 31 heavy (non-hydrogen) atoms. The van der Waals surface area contributed by atoms with Gasteiger partial charge in [-0.05, 0) is 36.2 Å². The van der Waals surface area contributed by atoms with Gasteiger partial charge in [0.05, 0.1) is 29.0 Å². The SMILES string of the molecule is CCC(Nc1ncnc2[nH]cnc12)c1ccc(F)cc1-n1cnc2ccccc2c1=O. The molecule has 154 valence electrons. The number of imidazole rings is 1. The molecule has 0 bridgehead atoms. The number of benzene rings is 2. The topological polar surface area (TPSA) is 101 Å². The van der Waals surface area contributed by atoms with Crippen LogP contribution in [0.2, 0.25) is 0 Å². The van der Waals surface area contributed by atoms with Gasteiger partial charge in [-0.3, -0.25) is 9.36 Å². The highest BCUT2D eigenvalue weighted by Crippen LogP contribution is 2.29. The lowest BCUT2D eigenvalue weighted by Gasteiger charge is -2.22. The van der Waals surface area contributed by atoms with E-state index in [-0.39, 0.29) is 11.6 Å². The molecule has 0 spiro atoms. The molecule has 0 saturated heterocycles. The molecular weight excluding hydrogens is 397 g/mol. The highest BCUT2D eigenvalue weighted by atomic mass is 19.1. The molecular formula is C22H18FN7O. The number of rotatable bonds is 5. The summed E-state index contributed by atoms with van der Waals surface area (Å²) in [6.07, 6.45) is 5.09. The number of hydrogen-bond donors (Lipinski definition) is 2. The summed E-state index contributed by atoms with van der Waals surface area (Å²) in [6.45, 7) is 2.00.